The molecule has 1 aromatic rings. The summed E-state index contributed by atoms with van der Waals surface area (Å²) < 4.78 is 0. The molecular formula is C12H20N2. The highest BCUT2D eigenvalue weighted by Gasteiger charge is 1.95. The number of rotatable bonds is 6. The van der Waals surface area contributed by atoms with Crippen LogP contribution < -0.4 is 11.5 Å². The van der Waals surface area contributed by atoms with Gasteiger partial charge < -0.3 is 11.5 Å². The maximum atomic E-state index is 5.52. The summed E-state index contributed by atoms with van der Waals surface area (Å²) in [7, 11) is 0. The van der Waals surface area contributed by atoms with Crippen molar-refractivity contribution in [2.24, 2.45) is 11.5 Å². The third kappa shape index (κ3) is 3.90. The molecule has 0 heterocycles. The topological polar surface area (TPSA) is 52.0 Å². The number of hydrogen-bond donors (Lipinski definition) is 2. The number of aryl methyl sites for hydroxylation is 1. The van der Waals surface area contributed by atoms with Crippen molar-refractivity contribution in [3.05, 3.63) is 35.4 Å². The van der Waals surface area contributed by atoms with Gasteiger partial charge in [0.2, 0.25) is 0 Å². The molecule has 0 aromatic heterocycles. The molecule has 0 radical (unpaired) electrons. The number of benzene rings is 1. The Morgan fingerprint density at radius 1 is 0.857 bits per heavy atom. The molecule has 0 bridgehead atoms. The minimum Gasteiger partial charge on any atom is -0.330 e. The molecular weight excluding hydrogens is 172 g/mol. The smallest absolute Gasteiger partial charge is 0.00367 e. The molecule has 2 heteroatoms. The van der Waals surface area contributed by atoms with Gasteiger partial charge in [0.1, 0.15) is 0 Å². The molecule has 0 amide bonds. The number of hydrogen-bond acceptors (Lipinski definition) is 2. The van der Waals surface area contributed by atoms with E-state index < -0.39 is 0 Å². The molecule has 0 saturated heterocycles. The zero-order chi connectivity index (χ0) is 10.2. The van der Waals surface area contributed by atoms with Crippen molar-refractivity contribution < 1.29 is 0 Å². The second-order valence-electron chi connectivity index (χ2n) is 3.60. The van der Waals surface area contributed by atoms with Crippen LogP contribution in [-0.4, -0.2) is 13.1 Å². The van der Waals surface area contributed by atoms with E-state index in [4.69, 9.17) is 11.5 Å². The van der Waals surface area contributed by atoms with Gasteiger partial charge >= 0.3 is 0 Å². The lowest BCUT2D eigenvalue weighted by Crippen LogP contribution is -2.03. The normalized spacial score (nSPS) is 10.4. The van der Waals surface area contributed by atoms with Gasteiger partial charge in [-0.3, -0.25) is 0 Å². The van der Waals surface area contributed by atoms with Gasteiger partial charge in [-0.2, -0.15) is 0 Å². The van der Waals surface area contributed by atoms with Crippen LogP contribution in [0.2, 0.25) is 0 Å². The Kier molecular flexibility index (Phi) is 5.27. The molecule has 0 atom stereocenters. The standard InChI is InChI=1S/C12H20N2/c13-8-2-1-4-11-5-3-6-12(10-11)7-9-14/h3,5-6,10H,1-2,4,7-9,13-14H2. The van der Waals surface area contributed by atoms with E-state index in [2.05, 4.69) is 24.3 Å². The first-order chi connectivity index (χ1) is 6.86. The van der Waals surface area contributed by atoms with E-state index in [1.54, 1.807) is 0 Å². The van der Waals surface area contributed by atoms with Crippen molar-refractivity contribution in [1.29, 1.82) is 0 Å². The molecule has 0 fully saturated rings. The minimum atomic E-state index is 0.728. The fourth-order valence-electron chi connectivity index (χ4n) is 1.58. The van der Waals surface area contributed by atoms with Crippen LogP contribution >= 0.6 is 0 Å². The molecule has 2 nitrogen and oxygen atoms in total. The summed E-state index contributed by atoms with van der Waals surface area (Å²) in [5.74, 6) is 0. The fraction of sp³-hybridized carbons (Fsp3) is 0.500. The Hall–Kier alpha value is -0.860. The van der Waals surface area contributed by atoms with E-state index in [-0.39, 0.29) is 0 Å². The lowest BCUT2D eigenvalue weighted by molar-refractivity contribution is 0.744. The predicted octanol–water partition coefficient (Wildman–Crippen LogP) is 1.47. The summed E-state index contributed by atoms with van der Waals surface area (Å²) in [5, 5.41) is 0. The number of unbranched alkanes of at least 4 members (excludes halogenated alkanes) is 1. The van der Waals surface area contributed by atoms with Gasteiger partial charge in [-0.1, -0.05) is 24.3 Å². The average Bonchev–Trinajstić information content (AvgIpc) is 2.19. The lowest BCUT2D eigenvalue weighted by Gasteiger charge is -2.03. The predicted molar refractivity (Wildman–Crippen MR) is 61.2 cm³/mol. The Bertz CT molecular complexity index is 258. The summed E-state index contributed by atoms with van der Waals surface area (Å²) >= 11 is 0. The largest absolute Gasteiger partial charge is 0.330 e. The van der Waals surface area contributed by atoms with E-state index in [1.165, 1.54) is 17.5 Å². The van der Waals surface area contributed by atoms with Crippen molar-refractivity contribution >= 4 is 0 Å². The molecule has 0 aliphatic rings. The molecule has 78 valence electrons. The fourth-order valence-corrected chi connectivity index (χ4v) is 1.58. The highest BCUT2D eigenvalue weighted by atomic mass is 14.5. The summed E-state index contributed by atoms with van der Waals surface area (Å²) in [4.78, 5) is 0. The zero-order valence-electron chi connectivity index (χ0n) is 8.71. The van der Waals surface area contributed by atoms with Crippen LogP contribution in [0.3, 0.4) is 0 Å². The third-order valence-electron chi connectivity index (χ3n) is 2.34. The van der Waals surface area contributed by atoms with Gasteiger partial charge in [0, 0.05) is 0 Å². The molecule has 0 unspecified atom stereocenters. The second-order valence-corrected chi connectivity index (χ2v) is 3.60. The van der Waals surface area contributed by atoms with Crippen LogP contribution in [0.15, 0.2) is 24.3 Å². The van der Waals surface area contributed by atoms with E-state index in [9.17, 15) is 0 Å². The third-order valence-corrected chi connectivity index (χ3v) is 2.34. The van der Waals surface area contributed by atoms with Crippen molar-refractivity contribution in [3.8, 4) is 0 Å². The van der Waals surface area contributed by atoms with Crippen molar-refractivity contribution in [3.63, 3.8) is 0 Å². The van der Waals surface area contributed by atoms with Crippen LogP contribution in [0.1, 0.15) is 24.0 Å². The van der Waals surface area contributed by atoms with Crippen LogP contribution in [0.25, 0.3) is 0 Å². The van der Waals surface area contributed by atoms with Crippen molar-refractivity contribution in [2.45, 2.75) is 25.7 Å². The molecule has 1 aromatic carbocycles. The molecule has 0 aliphatic heterocycles. The number of nitrogens with two attached hydrogens (primary N) is 2. The summed E-state index contributed by atoms with van der Waals surface area (Å²) in [6.45, 7) is 1.52. The van der Waals surface area contributed by atoms with Crippen molar-refractivity contribution in [2.75, 3.05) is 13.1 Å². The van der Waals surface area contributed by atoms with Gasteiger partial charge in [0.05, 0.1) is 0 Å². The SMILES string of the molecule is NCCCCc1cccc(CCN)c1. The Balaban J connectivity index is 2.46. The van der Waals surface area contributed by atoms with Gasteiger partial charge in [-0.05, 0) is 49.9 Å². The van der Waals surface area contributed by atoms with Crippen LogP contribution in [0.5, 0.6) is 0 Å². The highest BCUT2D eigenvalue weighted by molar-refractivity contribution is 5.23. The van der Waals surface area contributed by atoms with Gasteiger partial charge in [0.15, 0.2) is 0 Å². The average molecular weight is 192 g/mol. The molecule has 0 saturated carbocycles. The van der Waals surface area contributed by atoms with E-state index in [0.717, 1.165) is 32.4 Å². The van der Waals surface area contributed by atoms with E-state index in [0.29, 0.717) is 0 Å². The minimum absolute atomic E-state index is 0.728. The van der Waals surface area contributed by atoms with Crippen LogP contribution in [0, 0.1) is 0 Å². The molecule has 4 N–H and O–H groups in total. The lowest BCUT2D eigenvalue weighted by atomic mass is 10.0. The van der Waals surface area contributed by atoms with Gasteiger partial charge in [-0.15, -0.1) is 0 Å². The first-order valence-electron chi connectivity index (χ1n) is 5.34. The zero-order valence-corrected chi connectivity index (χ0v) is 8.71. The van der Waals surface area contributed by atoms with Crippen LogP contribution in [0.4, 0.5) is 0 Å². The van der Waals surface area contributed by atoms with Gasteiger partial charge in [-0.25, -0.2) is 0 Å². The summed E-state index contributed by atoms with van der Waals surface area (Å²) in [5.41, 5.74) is 13.7. The second kappa shape index (κ2) is 6.57. The summed E-state index contributed by atoms with van der Waals surface area (Å²) in [6, 6.07) is 8.68. The van der Waals surface area contributed by atoms with E-state index in [1.807, 2.05) is 0 Å². The molecule has 14 heavy (non-hydrogen) atoms. The molecule has 1 rings (SSSR count). The monoisotopic (exact) mass is 192 g/mol. The van der Waals surface area contributed by atoms with Gasteiger partial charge in [0.25, 0.3) is 0 Å². The van der Waals surface area contributed by atoms with E-state index >= 15 is 0 Å². The Labute approximate surface area is 86.3 Å². The Morgan fingerprint density at radius 3 is 2.21 bits per heavy atom. The van der Waals surface area contributed by atoms with Crippen molar-refractivity contribution in [1.82, 2.24) is 0 Å². The quantitative estimate of drug-likeness (QED) is 0.671. The maximum absolute atomic E-state index is 5.52. The highest BCUT2D eigenvalue weighted by Crippen LogP contribution is 2.08. The Morgan fingerprint density at radius 2 is 1.57 bits per heavy atom. The molecule has 0 spiro atoms. The molecule has 0 aliphatic carbocycles. The van der Waals surface area contributed by atoms with Crippen LogP contribution in [-0.2, 0) is 12.8 Å². The first kappa shape index (κ1) is 11.2. The maximum Gasteiger partial charge on any atom is -0.00367 e. The first-order valence-corrected chi connectivity index (χ1v) is 5.34. The summed E-state index contributed by atoms with van der Waals surface area (Å²) in [6.07, 6.45) is 4.41.